The smallest absolute Gasteiger partial charge is 0.263 e. The lowest BCUT2D eigenvalue weighted by Gasteiger charge is -2.60. The number of aryl methyl sites for hydroxylation is 2. The highest BCUT2D eigenvalue weighted by molar-refractivity contribution is 9.10. The molecule has 176 valence electrons. The van der Waals surface area contributed by atoms with Gasteiger partial charge in [-0.05, 0) is 93.9 Å². The van der Waals surface area contributed by atoms with Gasteiger partial charge in [0, 0.05) is 28.2 Å². The maximum Gasteiger partial charge on any atom is 0.263 e. The Kier molecular flexibility index (Phi) is 5.55. The Labute approximate surface area is 203 Å². The second-order valence-corrected chi connectivity index (χ2v) is 13.8. The molecule has 7 nitrogen and oxygen atoms in total. The van der Waals surface area contributed by atoms with E-state index in [0.717, 1.165) is 31.1 Å². The minimum atomic E-state index is -3.79. The number of anilines is 2. The molecule has 0 aliphatic heterocycles. The summed E-state index contributed by atoms with van der Waals surface area (Å²) in [6, 6.07) is 7.85. The summed E-state index contributed by atoms with van der Waals surface area (Å²) in [7, 11) is -3.79. The van der Waals surface area contributed by atoms with Gasteiger partial charge in [-0.25, -0.2) is 18.4 Å². The van der Waals surface area contributed by atoms with E-state index < -0.39 is 10.0 Å². The Bertz CT molecular complexity index is 1160. The number of carbonyl (C=O) groups excluding carboxylic acids is 1. The number of rotatable bonds is 6. The molecule has 1 heterocycles. The van der Waals surface area contributed by atoms with Gasteiger partial charge < -0.3 is 5.32 Å². The summed E-state index contributed by atoms with van der Waals surface area (Å²) >= 11 is 4.00. The van der Waals surface area contributed by atoms with Crippen LogP contribution >= 0.6 is 15.9 Å². The number of carbonyl (C=O) groups is 1. The fourth-order valence-corrected chi connectivity index (χ4v) is 9.27. The lowest BCUT2D eigenvalue weighted by Crippen LogP contribution is -2.53. The molecule has 33 heavy (non-hydrogen) atoms. The highest BCUT2D eigenvalue weighted by Crippen LogP contribution is 2.65. The second-order valence-electron chi connectivity index (χ2n) is 10.4. The molecule has 1 amide bonds. The largest absolute Gasteiger partial charge is 0.326 e. The van der Waals surface area contributed by atoms with Crippen LogP contribution in [0.3, 0.4) is 0 Å². The van der Waals surface area contributed by atoms with Crippen molar-refractivity contribution < 1.29 is 13.2 Å². The minimum absolute atomic E-state index is 0.00807. The molecule has 0 radical (unpaired) electrons. The lowest BCUT2D eigenvalue weighted by molar-refractivity contribution is -0.123. The standard InChI is InChI=1S/C24H29BrN4O3S/c1-15-7-21(27-16(2)26-15)29-33(31,32)20-5-3-19(4-6-20)28-22(30)13-23-9-17-8-18(10-23)12-24(25,11-17)14-23/h3-7,17-18H,8-14H2,1-2H3,(H,28,30)(H,26,27,29). The first-order chi connectivity index (χ1) is 15.5. The summed E-state index contributed by atoms with van der Waals surface area (Å²) in [5.74, 6) is 2.21. The van der Waals surface area contributed by atoms with Crippen LogP contribution in [0.4, 0.5) is 11.5 Å². The second kappa shape index (κ2) is 8.05. The van der Waals surface area contributed by atoms with Gasteiger partial charge in [-0.3, -0.25) is 9.52 Å². The van der Waals surface area contributed by atoms with E-state index in [-0.39, 0.29) is 26.4 Å². The zero-order chi connectivity index (χ0) is 23.4. The molecule has 1 aromatic heterocycles. The van der Waals surface area contributed by atoms with Crippen molar-refractivity contribution in [1.82, 2.24) is 9.97 Å². The number of amides is 1. The highest BCUT2D eigenvalue weighted by atomic mass is 79.9. The fraction of sp³-hybridized carbons (Fsp3) is 0.542. The number of sulfonamides is 1. The predicted octanol–water partition coefficient (Wildman–Crippen LogP) is 4.96. The summed E-state index contributed by atoms with van der Waals surface area (Å²) in [5, 5.41) is 2.98. The molecule has 4 fully saturated rings. The summed E-state index contributed by atoms with van der Waals surface area (Å²) in [4.78, 5) is 21.3. The van der Waals surface area contributed by atoms with E-state index in [2.05, 4.69) is 35.9 Å². The number of alkyl halides is 1. The van der Waals surface area contributed by atoms with Gasteiger partial charge in [-0.2, -0.15) is 0 Å². The van der Waals surface area contributed by atoms with E-state index >= 15 is 0 Å². The van der Waals surface area contributed by atoms with Gasteiger partial charge >= 0.3 is 0 Å². The van der Waals surface area contributed by atoms with Crippen molar-refractivity contribution in [3.8, 4) is 0 Å². The molecule has 4 saturated carbocycles. The van der Waals surface area contributed by atoms with E-state index in [4.69, 9.17) is 0 Å². The average molecular weight is 533 g/mol. The maximum atomic E-state index is 12.9. The molecule has 2 unspecified atom stereocenters. The predicted molar refractivity (Wildman–Crippen MR) is 131 cm³/mol. The van der Waals surface area contributed by atoms with Crippen molar-refractivity contribution in [3.05, 3.63) is 41.9 Å². The Hall–Kier alpha value is -2.00. The zero-order valence-corrected chi connectivity index (χ0v) is 21.3. The molecule has 2 atom stereocenters. The molecule has 9 heteroatoms. The highest BCUT2D eigenvalue weighted by Gasteiger charge is 2.57. The molecular formula is C24H29BrN4O3S. The van der Waals surface area contributed by atoms with Crippen LogP contribution in [-0.2, 0) is 14.8 Å². The van der Waals surface area contributed by atoms with Crippen molar-refractivity contribution in [2.45, 2.75) is 68.0 Å². The van der Waals surface area contributed by atoms with Gasteiger partial charge in [-0.15, -0.1) is 0 Å². The van der Waals surface area contributed by atoms with Crippen molar-refractivity contribution in [2.75, 3.05) is 10.0 Å². The Morgan fingerprint density at radius 1 is 1.09 bits per heavy atom. The average Bonchev–Trinajstić information content (AvgIpc) is 2.64. The number of hydrogen-bond acceptors (Lipinski definition) is 5. The summed E-state index contributed by atoms with van der Waals surface area (Å²) in [5.41, 5.74) is 1.38. The van der Waals surface area contributed by atoms with E-state index in [1.807, 2.05) is 0 Å². The van der Waals surface area contributed by atoms with Gasteiger partial charge in [-0.1, -0.05) is 15.9 Å². The van der Waals surface area contributed by atoms with Crippen LogP contribution in [0.15, 0.2) is 35.2 Å². The number of benzene rings is 1. The summed E-state index contributed by atoms with van der Waals surface area (Å²) < 4.78 is 28.2. The number of halogens is 1. The third-order valence-corrected chi connectivity index (χ3v) is 9.60. The van der Waals surface area contributed by atoms with Gasteiger partial charge in [0.05, 0.1) is 4.90 Å². The Morgan fingerprint density at radius 3 is 2.36 bits per heavy atom. The zero-order valence-electron chi connectivity index (χ0n) is 18.9. The summed E-state index contributed by atoms with van der Waals surface area (Å²) in [6.45, 7) is 3.49. The number of nitrogens with zero attached hydrogens (tertiary/aromatic N) is 2. The molecule has 0 saturated heterocycles. The third-order valence-electron chi connectivity index (χ3n) is 7.30. The first-order valence-corrected chi connectivity index (χ1v) is 13.7. The minimum Gasteiger partial charge on any atom is -0.326 e. The Balaban J connectivity index is 1.24. The number of aromatic nitrogens is 2. The number of nitrogens with one attached hydrogen (secondary N) is 2. The topological polar surface area (TPSA) is 101 Å². The molecular weight excluding hydrogens is 504 g/mol. The molecule has 6 rings (SSSR count). The van der Waals surface area contributed by atoms with Crippen LogP contribution in [0, 0.1) is 31.1 Å². The van der Waals surface area contributed by atoms with E-state index in [0.29, 0.717) is 23.6 Å². The van der Waals surface area contributed by atoms with E-state index in [1.165, 1.54) is 31.4 Å². The van der Waals surface area contributed by atoms with Crippen LogP contribution in [0.2, 0.25) is 0 Å². The third kappa shape index (κ3) is 4.80. The monoisotopic (exact) mass is 532 g/mol. The molecule has 2 aromatic rings. The SMILES string of the molecule is Cc1cc(NS(=O)(=O)c2ccc(NC(=O)CC34CC5CC(CC(Br)(C5)C3)C4)cc2)nc(C)n1. The van der Waals surface area contributed by atoms with Gasteiger partial charge in [0.2, 0.25) is 5.91 Å². The van der Waals surface area contributed by atoms with Crippen molar-refractivity contribution in [1.29, 1.82) is 0 Å². The van der Waals surface area contributed by atoms with Crippen molar-refractivity contribution in [2.24, 2.45) is 17.3 Å². The van der Waals surface area contributed by atoms with Gasteiger partial charge in [0.25, 0.3) is 10.0 Å². The van der Waals surface area contributed by atoms with Crippen LogP contribution in [-0.4, -0.2) is 28.6 Å². The molecule has 4 aliphatic carbocycles. The first-order valence-electron chi connectivity index (χ1n) is 11.5. The van der Waals surface area contributed by atoms with Crippen LogP contribution in [0.25, 0.3) is 0 Å². The van der Waals surface area contributed by atoms with Gasteiger partial charge in [0.15, 0.2) is 0 Å². The van der Waals surface area contributed by atoms with Crippen LogP contribution in [0.1, 0.15) is 56.5 Å². The first kappa shape index (κ1) is 22.8. The number of hydrogen-bond donors (Lipinski definition) is 2. The van der Waals surface area contributed by atoms with Crippen molar-refractivity contribution in [3.63, 3.8) is 0 Å². The fourth-order valence-electron chi connectivity index (χ4n) is 6.77. The van der Waals surface area contributed by atoms with E-state index in [1.54, 1.807) is 32.0 Å². The molecule has 4 aliphatic rings. The van der Waals surface area contributed by atoms with Crippen molar-refractivity contribution >= 4 is 43.4 Å². The quantitative estimate of drug-likeness (QED) is 0.512. The molecule has 2 N–H and O–H groups in total. The van der Waals surface area contributed by atoms with Gasteiger partial charge in [0.1, 0.15) is 11.6 Å². The maximum absolute atomic E-state index is 12.9. The molecule has 4 bridgehead atoms. The summed E-state index contributed by atoms with van der Waals surface area (Å²) in [6.07, 6.45) is 7.70. The normalized spacial score (nSPS) is 30.3. The van der Waals surface area contributed by atoms with Crippen LogP contribution in [0.5, 0.6) is 0 Å². The lowest BCUT2D eigenvalue weighted by atomic mass is 9.48. The Morgan fingerprint density at radius 2 is 1.76 bits per heavy atom. The van der Waals surface area contributed by atoms with E-state index in [9.17, 15) is 13.2 Å². The van der Waals surface area contributed by atoms with Crippen LogP contribution < -0.4 is 10.0 Å². The molecule has 1 aromatic carbocycles. The molecule has 0 spiro atoms.